The van der Waals surface area contributed by atoms with Crippen LogP contribution in [0.4, 0.5) is 0 Å². The van der Waals surface area contributed by atoms with E-state index in [9.17, 15) is 9.59 Å². The number of hydrogen-bond acceptors (Lipinski definition) is 5. The van der Waals surface area contributed by atoms with E-state index in [0.29, 0.717) is 24.3 Å². The van der Waals surface area contributed by atoms with Crippen molar-refractivity contribution in [1.29, 1.82) is 0 Å². The van der Waals surface area contributed by atoms with E-state index in [1.807, 2.05) is 38.1 Å². The van der Waals surface area contributed by atoms with E-state index < -0.39 is 5.54 Å². The summed E-state index contributed by atoms with van der Waals surface area (Å²) in [4.78, 5) is 32.6. The smallest absolute Gasteiger partial charge is 0.232 e. The molecule has 6 nitrogen and oxygen atoms in total. The predicted octanol–water partition coefficient (Wildman–Crippen LogP) is 6.26. The van der Waals surface area contributed by atoms with Gasteiger partial charge in [-0.05, 0) is 94.0 Å². The second-order valence-corrected chi connectivity index (χ2v) is 12.3. The normalized spacial score (nSPS) is 25.6. The van der Waals surface area contributed by atoms with Crippen molar-refractivity contribution in [3.8, 4) is 5.75 Å². The van der Waals surface area contributed by atoms with Crippen LogP contribution in [0, 0.1) is 0 Å². The summed E-state index contributed by atoms with van der Waals surface area (Å²) in [5.74, 6) is 2.06. The Morgan fingerprint density at radius 2 is 1.86 bits per heavy atom. The van der Waals surface area contributed by atoms with E-state index in [1.54, 1.807) is 4.90 Å². The molecule has 196 valence electrons. The first kappa shape index (κ1) is 25.5. The molecule has 3 aliphatic rings. The van der Waals surface area contributed by atoms with Gasteiger partial charge < -0.3 is 10.5 Å². The minimum absolute atomic E-state index is 0.000975. The molecule has 0 saturated carbocycles. The Kier molecular flexibility index (Phi) is 6.41. The van der Waals surface area contributed by atoms with Crippen molar-refractivity contribution >= 4 is 17.6 Å². The molecule has 2 aromatic carbocycles. The van der Waals surface area contributed by atoms with Crippen molar-refractivity contribution in [3.63, 3.8) is 0 Å². The Morgan fingerprint density at radius 3 is 2.62 bits per heavy atom. The zero-order chi connectivity index (χ0) is 26.5. The second kappa shape index (κ2) is 9.30. The number of para-hydroxylation sites is 1. The molecule has 1 amide bonds. The predicted molar refractivity (Wildman–Crippen MR) is 146 cm³/mol. The van der Waals surface area contributed by atoms with Crippen molar-refractivity contribution in [1.82, 2.24) is 4.90 Å². The average molecular weight is 502 g/mol. The molecule has 0 unspecified atom stereocenters. The quantitative estimate of drug-likeness (QED) is 0.474. The number of benzene rings is 2. The molecule has 2 aromatic rings. The molecule has 0 aromatic heterocycles. The fraction of sp³-hybridized carbons (Fsp3) is 0.516. The van der Waals surface area contributed by atoms with Crippen LogP contribution in [-0.4, -0.2) is 33.7 Å². The molecular formula is C31H39N3O3. The van der Waals surface area contributed by atoms with Crippen LogP contribution in [0.2, 0.25) is 0 Å². The summed E-state index contributed by atoms with van der Waals surface area (Å²) in [7, 11) is 0. The Labute approximate surface area is 220 Å². The number of ketones is 1. The molecular weight excluding hydrogens is 462 g/mol. The molecule has 0 fully saturated rings. The third kappa shape index (κ3) is 5.03. The molecule has 2 N–H and O–H groups in total. The Morgan fingerprint density at radius 1 is 1.11 bits per heavy atom. The van der Waals surface area contributed by atoms with Gasteiger partial charge in [0.2, 0.25) is 5.91 Å². The van der Waals surface area contributed by atoms with Gasteiger partial charge in [0.05, 0.1) is 18.0 Å². The molecule has 6 heteroatoms. The highest BCUT2D eigenvalue weighted by Gasteiger charge is 2.41. The highest BCUT2D eigenvalue weighted by atomic mass is 16.5. The van der Waals surface area contributed by atoms with Gasteiger partial charge in [0.25, 0.3) is 0 Å². The van der Waals surface area contributed by atoms with E-state index in [2.05, 4.69) is 44.0 Å². The third-order valence-electron chi connectivity index (χ3n) is 8.14. The molecule has 2 heterocycles. The number of nitrogens with two attached hydrogens (primary N) is 1. The van der Waals surface area contributed by atoms with E-state index in [0.717, 1.165) is 37.0 Å². The lowest BCUT2D eigenvalue weighted by Gasteiger charge is -2.37. The summed E-state index contributed by atoms with van der Waals surface area (Å²) in [6.07, 6.45) is 4.34. The van der Waals surface area contributed by atoms with E-state index >= 15 is 0 Å². The first-order chi connectivity index (χ1) is 17.4. The number of carbonyl (C=O) groups excluding carboxylic acids is 2. The Bertz CT molecular complexity index is 1260. The van der Waals surface area contributed by atoms with Crippen LogP contribution in [-0.2, 0) is 4.79 Å². The molecule has 37 heavy (non-hydrogen) atoms. The van der Waals surface area contributed by atoms with Gasteiger partial charge in [-0.15, -0.1) is 0 Å². The van der Waals surface area contributed by atoms with E-state index in [4.69, 9.17) is 10.5 Å². The number of Topliss-reactive ketones (excluding diaryl/α,β-unsaturated/α-hetero) is 1. The number of rotatable bonds is 6. The first-order valence-corrected chi connectivity index (χ1v) is 13.6. The fourth-order valence-corrected chi connectivity index (χ4v) is 6.50. The Hall–Kier alpha value is -3.15. The van der Waals surface area contributed by atoms with Gasteiger partial charge in [-0.25, -0.2) is 4.99 Å². The molecule has 0 radical (unpaired) electrons. The molecule has 0 bridgehead atoms. The Balaban J connectivity index is 1.30. The summed E-state index contributed by atoms with van der Waals surface area (Å²) < 4.78 is 6.17. The van der Waals surface area contributed by atoms with Crippen LogP contribution in [0.25, 0.3) is 0 Å². The number of ether oxygens (including phenoxy) is 1. The van der Waals surface area contributed by atoms with Crippen molar-refractivity contribution < 1.29 is 14.3 Å². The van der Waals surface area contributed by atoms with Crippen LogP contribution in [0.3, 0.4) is 0 Å². The number of hydrogen-bond donors (Lipinski definition) is 1. The number of carbonyl (C=O) groups is 2. The average Bonchev–Trinajstić information content (AvgIpc) is 3.12. The minimum Gasteiger partial charge on any atom is -0.488 e. The van der Waals surface area contributed by atoms with E-state index in [-0.39, 0.29) is 35.2 Å². The maximum atomic E-state index is 13.3. The topological polar surface area (TPSA) is 85.0 Å². The van der Waals surface area contributed by atoms with Gasteiger partial charge >= 0.3 is 0 Å². The van der Waals surface area contributed by atoms with Gasteiger partial charge in [0.15, 0.2) is 11.7 Å². The van der Waals surface area contributed by atoms with Gasteiger partial charge in [-0.3, -0.25) is 14.5 Å². The SMILES string of the molecule is C[C@H]1C[C@H](N2C(=O)CC(C)(C)N=C2N)c2cc(C(=O)CCC[C@H]3CC(C)(C)Oc4ccccc43)ccc21. The second-order valence-electron chi connectivity index (χ2n) is 12.3. The molecule has 2 aliphatic heterocycles. The number of aliphatic imine (C=N–C) groups is 1. The molecule has 1 aliphatic carbocycles. The standard InChI is InChI=1S/C31H39N3O3/c1-19-15-25(34-28(36)18-30(2,3)33-29(34)32)24-16-20(13-14-22(19)24)26(35)11-8-9-21-17-31(4,5)37-27-12-7-6-10-23(21)27/h6-7,10,12-14,16,19,21,25H,8-9,11,15,17-18H2,1-5H3,(H2,32,33)/t19-,21-,25-/m0/s1. The van der Waals surface area contributed by atoms with Crippen LogP contribution in [0.15, 0.2) is 47.5 Å². The van der Waals surface area contributed by atoms with Gasteiger partial charge in [0, 0.05) is 12.0 Å². The molecule has 0 saturated heterocycles. The van der Waals surface area contributed by atoms with Crippen LogP contribution in [0.5, 0.6) is 5.75 Å². The lowest BCUT2D eigenvalue weighted by molar-refractivity contribution is -0.131. The molecule has 3 atom stereocenters. The van der Waals surface area contributed by atoms with Crippen molar-refractivity contribution in [2.24, 2.45) is 10.7 Å². The number of guanidine groups is 1. The lowest BCUT2D eigenvalue weighted by Crippen LogP contribution is -2.50. The van der Waals surface area contributed by atoms with Crippen LogP contribution in [0.1, 0.15) is 118 Å². The van der Waals surface area contributed by atoms with Crippen LogP contribution >= 0.6 is 0 Å². The van der Waals surface area contributed by atoms with Gasteiger partial charge in [0.1, 0.15) is 11.4 Å². The largest absolute Gasteiger partial charge is 0.488 e. The number of fused-ring (bicyclic) bond motifs is 2. The number of nitrogens with zero attached hydrogens (tertiary/aromatic N) is 2. The summed E-state index contributed by atoms with van der Waals surface area (Å²) in [5, 5.41) is 0. The molecule has 0 spiro atoms. The maximum Gasteiger partial charge on any atom is 0.232 e. The van der Waals surface area contributed by atoms with Crippen LogP contribution < -0.4 is 10.5 Å². The monoisotopic (exact) mass is 501 g/mol. The highest BCUT2D eigenvalue weighted by molar-refractivity contribution is 6.00. The van der Waals surface area contributed by atoms with Crippen molar-refractivity contribution in [2.75, 3.05) is 0 Å². The van der Waals surface area contributed by atoms with E-state index in [1.165, 1.54) is 11.1 Å². The minimum atomic E-state index is -0.483. The first-order valence-electron chi connectivity index (χ1n) is 13.6. The summed E-state index contributed by atoms with van der Waals surface area (Å²) in [5.41, 5.74) is 9.78. The van der Waals surface area contributed by atoms with Gasteiger partial charge in [-0.1, -0.05) is 37.3 Å². The zero-order valence-electron chi connectivity index (χ0n) is 22.7. The summed E-state index contributed by atoms with van der Waals surface area (Å²) in [6, 6.07) is 14.1. The zero-order valence-corrected chi connectivity index (χ0v) is 22.7. The third-order valence-corrected chi connectivity index (χ3v) is 8.14. The van der Waals surface area contributed by atoms with Crippen molar-refractivity contribution in [3.05, 3.63) is 64.7 Å². The summed E-state index contributed by atoms with van der Waals surface area (Å²) in [6.45, 7) is 10.3. The van der Waals surface area contributed by atoms with Crippen molar-refractivity contribution in [2.45, 2.75) is 102 Å². The maximum absolute atomic E-state index is 13.3. The summed E-state index contributed by atoms with van der Waals surface area (Å²) >= 11 is 0. The fourth-order valence-electron chi connectivity index (χ4n) is 6.50. The molecule has 5 rings (SSSR count). The number of amides is 1. The lowest BCUT2D eigenvalue weighted by atomic mass is 9.81. The van der Waals surface area contributed by atoms with Gasteiger partial charge in [-0.2, -0.15) is 0 Å². The highest BCUT2D eigenvalue weighted by Crippen LogP contribution is 2.46.